The third-order valence-electron chi connectivity index (χ3n) is 4.63. The Morgan fingerprint density at radius 3 is 2.80 bits per heavy atom. The number of amides is 1. The zero-order valence-corrected chi connectivity index (χ0v) is 12.8. The van der Waals surface area contributed by atoms with Crippen molar-refractivity contribution in [1.29, 1.82) is 0 Å². The van der Waals surface area contributed by atoms with Crippen LogP contribution in [0.15, 0.2) is 24.3 Å². The maximum absolute atomic E-state index is 12.7. The number of nitrogens with one attached hydrogen (secondary N) is 2. The minimum absolute atomic E-state index is 0.0639. The number of hydrogen-bond acceptors (Lipinski definition) is 2. The molecule has 0 saturated carbocycles. The van der Waals surface area contributed by atoms with E-state index in [2.05, 4.69) is 43.5 Å². The summed E-state index contributed by atoms with van der Waals surface area (Å²) in [6, 6.07) is 8.32. The minimum Gasteiger partial charge on any atom is -0.349 e. The second-order valence-corrected chi connectivity index (χ2v) is 5.97. The standard InChI is InChI=1S/C17H26N2O/c1-4-17(10-7-11-18-12-17)16(20)19-14(3)15-9-6-5-8-13(15)2/h5-6,8-9,14,18H,4,7,10-12H2,1-3H3,(H,19,20)/t14-,17?/m1/s1. The van der Waals surface area contributed by atoms with Gasteiger partial charge in [-0.2, -0.15) is 0 Å². The van der Waals surface area contributed by atoms with Crippen LogP contribution in [-0.2, 0) is 4.79 Å². The van der Waals surface area contributed by atoms with Crippen LogP contribution in [0.2, 0.25) is 0 Å². The summed E-state index contributed by atoms with van der Waals surface area (Å²) in [5, 5.41) is 6.59. The van der Waals surface area contributed by atoms with Gasteiger partial charge in [0.25, 0.3) is 0 Å². The summed E-state index contributed by atoms with van der Waals surface area (Å²) in [6.07, 6.45) is 2.97. The van der Waals surface area contributed by atoms with Gasteiger partial charge in [-0.05, 0) is 50.8 Å². The molecule has 1 aromatic rings. The highest BCUT2D eigenvalue weighted by atomic mass is 16.2. The number of carbonyl (C=O) groups excluding carboxylic acids is 1. The van der Waals surface area contributed by atoms with Gasteiger partial charge < -0.3 is 10.6 Å². The molecule has 0 spiro atoms. The van der Waals surface area contributed by atoms with Crippen molar-refractivity contribution in [3.8, 4) is 0 Å². The van der Waals surface area contributed by atoms with Gasteiger partial charge >= 0.3 is 0 Å². The van der Waals surface area contributed by atoms with E-state index in [0.717, 1.165) is 32.4 Å². The molecular weight excluding hydrogens is 248 g/mol. The van der Waals surface area contributed by atoms with Crippen molar-refractivity contribution in [3.05, 3.63) is 35.4 Å². The first-order valence-electron chi connectivity index (χ1n) is 7.66. The van der Waals surface area contributed by atoms with Gasteiger partial charge in [0.2, 0.25) is 5.91 Å². The van der Waals surface area contributed by atoms with Crippen molar-refractivity contribution in [2.75, 3.05) is 13.1 Å². The maximum Gasteiger partial charge on any atom is 0.227 e. The van der Waals surface area contributed by atoms with Gasteiger partial charge in [-0.15, -0.1) is 0 Å². The molecule has 3 heteroatoms. The van der Waals surface area contributed by atoms with Crippen LogP contribution in [0, 0.1) is 12.3 Å². The summed E-state index contributed by atoms with van der Waals surface area (Å²) in [4.78, 5) is 12.7. The zero-order valence-electron chi connectivity index (χ0n) is 12.8. The molecule has 0 aliphatic carbocycles. The van der Waals surface area contributed by atoms with Crippen molar-refractivity contribution in [2.24, 2.45) is 5.41 Å². The third-order valence-corrected chi connectivity index (χ3v) is 4.63. The van der Waals surface area contributed by atoms with Crippen LogP contribution in [0.25, 0.3) is 0 Å². The Labute approximate surface area is 122 Å². The Morgan fingerprint density at radius 1 is 1.45 bits per heavy atom. The largest absolute Gasteiger partial charge is 0.349 e. The van der Waals surface area contributed by atoms with Gasteiger partial charge in [0.15, 0.2) is 0 Å². The van der Waals surface area contributed by atoms with E-state index in [1.807, 2.05) is 12.1 Å². The van der Waals surface area contributed by atoms with Crippen LogP contribution >= 0.6 is 0 Å². The Morgan fingerprint density at radius 2 is 2.20 bits per heavy atom. The van der Waals surface area contributed by atoms with Crippen LogP contribution in [-0.4, -0.2) is 19.0 Å². The summed E-state index contributed by atoms with van der Waals surface area (Å²) in [6.45, 7) is 8.11. The number of benzene rings is 1. The molecule has 1 unspecified atom stereocenters. The highest BCUT2D eigenvalue weighted by molar-refractivity contribution is 5.83. The van der Waals surface area contributed by atoms with Gasteiger partial charge in [0, 0.05) is 6.54 Å². The number of carbonyl (C=O) groups is 1. The molecule has 2 rings (SSSR count). The van der Waals surface area contributed by atoms with Crippen molar-refractivity contribution in [3.63, 3.8) is 0 Å². The zero-order chi connectivity index (χ0) is 14.6. The first-order chi connectivity index (χ1) is 9.59. The number of hydrogen-bond donors (Lipinski definition) is 2. The van der Waals surface area contributed by atoms with E-state index < -0.39 is 0 Å². The summed E-state index contributed by atoms with van der Waals surface area (Å²) in [5.74, 6) is 0.197. The average molecular weight is 274 g/mol. The molecule has 1 saturated heterocycles. The van der Waals surface area contributed by atoms with Crippen molar-refractivity contribution in [1.82, 2.24) is 10.6 Å². The van der Waals surface area contributed by atoms with Crippen LogP contribution in [0.3, 0.4) is 0 Å². The summed E-state index contributed by atoms with van der Waals surface area (Å²) < 4.78 is 0. The lowest BCUT2D eigenvalue weighted by Crippen LogP contribution is -2.50. The molecule has 1 amide bonds. The molecule has 0 aromatic heterocycles. The predicted octanol–water partition coefficient (Wildman–Crippen LogP) is 2.95. The highest BCUT2D eigenvalue weighted by Crippen LogP contribution is 2.31. The Kier molecular flexibility index (Phi) is 4.81. The molecule has 110 valence electrons. The van der Waals surface area contributed by atoms with Crippen LogP contribution in [0.5, 0.6) is 0 Å². The predicted molar refractivity (Wildman–Crippen MR) is 82.6 cm³/mol. The molecule has 0 bridgehead atoms. The molecule has 1 heterocycles. The molecule has 1 fully saturated rings. The van der Waals surface area contributed by atoms with Gasteiger partial charge in [-0.3, -0.25) is 4.79 Å². The van der Waals surface area contributed by atoms with Crippen molar-refractivity contribution >= 4 is 5.91 Å². The highest BCUT2D eigenvalue weighted by Gasteiger charge is 2.38. The lowest BCUT2D eigenvalue weighted by molar-refractivity contribution is -0.133. The normalized spacial score (nSPS) is 24.1. The second kappa shape index (κ2) is 6.40. The van der Waals surface area contributed by atoms with E-state index in [4.69, 9.17) is 0 Å². The average Bonchev–Trinajstić information content (AvgIpc) is 2.48. The SMILES string of the molecule is CCC1(C(=O)N[C@H](C)c2ccccc2C)CCCNC1. The second-order valence-electron chi connectivity index (χ2n) is 5.97. The molecular formula is C17H26N2O. The van der Waals surface area contributed by atoms with E-state index in [0.29, 0.717) is 0 Å². The fourth-order valence-corrected chi connectivity index (χ4v) is 3.12. The molecule has 1 aliphatic heterocycles. The summed E-state index contributed by atoms with van der Waals surface area (Å²) in [7, 11) is 0. The third kappa shape index (κ3) is 3.04. The van der Waals surface area contributed by atoms with E-state index in [1.165, 1.54) is 11.1 Å². The van der Waals surface area contributed by atoms with Crippen molar-refractivity contribution < 1.29 is 4.79 Å². The molecule has 2 atom stereocenters. The van der Waals surface area contributed by atoms with Crippen LogP contribution < -0.4 is 10.6 Å². The Bertz CT molecular complexity index is 464. The molecule has 20 heavy (non-hydrogen) atoms. The topological polar surface area (TPSA) is 41.1 Å². The van der Waals surface area contributed by atoms with E-state index >= 15 is 0 Å². The number of piperidine rings is 1. The molecule has 1 aliphatic rings. The Balaban J connectivity index is 2.08. The molecule has 3 nitrogen and oxygen atoms in total. The maximum atomic E-state index is 12.7. The van der Waals surface area contributed by atoms with Gasteiger partial charge in [-0.1, -0.05) is 31.2 Å². The molecule has 0 radical (unpaired) electrons. The summed E-state index contributed by atoms with van der Waals surface area (Å²) >= 11 is 0. The Hall–Kier alpha value is -1.35. The van der Waals surface area contributed by atoms with E-state index in [1.54, 1.807) is 0 Å². The fourth-order valence-electron chi connectivity index (χ4n) is 3.12. The first-order valence-corrected chi connectivity index (χ1v) is 7.66. The molecule has 1 aromatic carbocycles. The minimum atomic E-state index is -0.227. The van der Waals surface area contributed by atoms with Gasteiger partial charge in [-0.25, -0.2) is 0 Å². The quantitative estimate of drug-likeness (QED) is 0.886. The lowest BCUT2D eigenvalue weighted by Gasteiger charge is -2.36. The monoisotopic (exact) mass is 274 g/mol. The van der Waals surface area contributed by atoms with Crippen LogP contribution in [0.1, 0.15) is 50.3 Å². The van der Waals surface area contributed by atoms with Crippen molar-refractivity contribution in [2.45, 2.75) is 46.1 Å². The van der Waals surface area contributed by atoms with E-state index in [9.17, 15) is 4.79 Å². The number of aryl methyl sites for hydroxylation is 1. The van der Waals surface area contributed by atoms with Gasteiger partial charge in [0.1, 0.15) is 0 Å². The smallest absolute Gasteiger partial charge is 0.227 e. The summed E-state index contributed by atoms with van der Waals surface area (Å²) in [5.41, 5.74) is 2.21. The van der Waals surface area contributed by atoms with Gasteiger partial charge in [0.05, 0.1) is 11.5 Å². The fraction of sp³-hybridized carbons (Fsp3) is 0.588. The number of rotatable bonds is 4. The first kappa shape index (κ1) is 15.0. The van der Waals surface area contributed by atoms with Crippen LogP contribution in [0.4, 0.5) is 0 Å². The lowest BCUT2D eigenvalue weighted by atomic mass is 9.77. The molecule has 2 N–H and O–H groups in total. The van der Waals surface area contributed by atoms with E-state index in [-0.39, 0.29) is 17.4 Å².